The highest BCUT2D eigenvalue weighted by Gasteiger charge is 2.14. The summed E-state index contributed by atoms with van der Waals surface area (Å²) in [5.74, 6) is 0.429. The highest BCUT2D eigenvalue weighted by atomic mass is 32.1. The van der Waals surface area contributed by atoms with Crippen LogP contribution in [0.1, 0.15) is 11.1 Å². The van der Waals surface area contributed by atoms with Crippen LogP contribution in [0.4, 0.5) is 5.69 Å². The molecule has 4 aromatic rings. The topological polar surface area (TPSA) is 95.6 Å². The maximum Gasteiger partial charge on any atom is 0.248 e. The molecule has 4 rings (SSSR count). The summed E-state index contributed by atoms with van der Waals surface area (Å²) in [5.41, 5.74) is 3.01. The minimum Gasteiger partial charge on any atom is -0.324 e. The van der Waals surface area contributed by atoms with Crippen molar-refractivity contribution in [3.05, 3.63) is 62.0 Å². The van der Waals surface area contributed by atoms with Gasteiger partial charge in [0.1, 0.15) is 6.54 Å². The number of carbonyl (C=O) groups is 1. The Bertz CT molecular complexity index is 1300. The molecule has 0 aliphatic heterocycles. The van der Waals surface area contributed by atoms with Crippen molar-refractivity contribution in [3.63, 3.8) is 0 Å². The normalized spacial score (nSPS) is 11.1. The quantitative estimate of drug-likeness (QED) is 0.446. The minimum atomic E-state index is -0.208. The molecule has 7 nitrogen and oxygen atoms in total. The van der Waals surface area contributed by atoms with Crippen LogP contribution in [0.3, 0.4) is 0 Å². The predicted octanol–water partition coefficient (Wildman–Crippen LogP) is 3.77. The zero-order valence-corrected chi connectivity index (χ0v) is 16.8. The number of anilines is 1. The fraction of sp³-hybridized carbons (Fsp3) is 0.158. The van der Waals surface area contributed by atoms with Gasteiger partial charge in [-0.15, -0.1) is 11.3 Å². The summed E-state index contributed by atoms with van der Waals surface area (Å²) in [6.07, 6.45) is 0. The highest BCUT2D eigenvalue weighted by Crippen LogP contribution is 2.25. The summed E-state index contributed by atoms with van der Waals surface area (Å²) >= 11 is 6.81. The molecule has 0 atom stereocenters. The Labute approximate surface area is 169 Å². The lowest BCUT2D eigenvalue weighted by molar-refractivity contribution is -0.116. The van der Waals surface area contributed by atoms with E-state index >= 15 is 0 Å². The van der Waals surface area contributed by atoms with Gasteiger partial charge in [-0.25, -0.2) is 0 Å². The molecule has 0 saturated heterocycles. The van der Waals surface area contributed by atoms with Gasteiger partial charge in [0.05, 0.1) is 4.88 Å². The van der Waals surface area contributed by atoms with Gasteiger partial charge < -0.3 is 10.3 Å². The molecule has 3 N–H and O–H groups in total. The third-order valence-electron chi connectivity index (χ3n) is 4.47. The van der Waals surface area contributed by atoms with Gasteiger partial charge in [0.25, 0.3) is 0 Å². The molecule has 1 aromatic carbocycles. The molecule has 0 aliphatic carbocycles. The first-order valence-electron chi connectivity index (χ1n) is 8.55. The van der Waals surface area contributed by atoms with Crippen molar-refractivity contribution in [1.29, 1.82) is 0 Å². The van der Waals surface area contributed by atoms with Gasteiger partial charge in [-0.05, 0) is 60.8 Å². The summed E-state index contributed by atoms with van der Waals surface area (Å²) < 4.78 is 2.07. The Balaban J connectivity index is 1.63. The molecule has 9 heteroatoms. The first-order valence-corrected chi connectivity index (χ1v) is 9.84. The van der Waals surface area contributed by atoms with Crippen molar-refractivity contribution >= 4 is 46.1 Å². The number of amides is 1. The number of H-pyrrole nitrogens is 2. The predicted molar refractivity (Wildman–Crippen MR) is 113 cm³/mol. The molecule has 3 aromatic heterocycles. The molecular formula is C19H17N5O2S2. The van der Waals surface area contributed by atoms with E-state index < -0.39 is 0 Å². The summed E-state index contributed by atoms with van der Waals surface area (Å²) in [5, 5.41) is 12.8. The summed E-state index contributed by atoms with van der Waals surface area (Å²) in [7, 11) is 0. The molecule has 0 aliphatic rings. The van der Waals surface area contributed by atoms with Gasteiger partial charge in [0, 0.05) is 22.7 Å². The maximum absolute atomic E-state index is 12.7. The smallest absolute Gasteiger partial charge is 0.248 e. The average Bonchev–Trinajstić information content (AvgIpc) is 3.27. The second kappa shape index (κ2) is 7.17. The van der Waals surface area contributed by atoms with Crippen LogP contribution in [0.5, 0.6) is 0 Å². The number of hydrogen-bond acceptors (Lipinski definition) is 5. The van der Waals surface area contributed by atoms with Crippen LogP contribution >= 0.6 is 23.6 Å². The zero-order chi connectivity index (χ0) is 19.8. The van der Waals surface area contributed by atoms with Gasteiger partial charge in [-0.3, -0.25) is 19.3 Å². The van der Waals surface area contributed by atoms with Gasteiger partial charge in [0.2, 0.25) is 11.5 Å². The largest absolute Gasteiger partial charge is 0.324 e. The van der Waals surface area contributed by atoms with Crippen LogP contribution in [-0.2, 0) is 11.3 Å². The van der Waals surface area contributed by atoms with E-state index in [0.29, 0.717) is 16.3 Å². The van der Waals surface area contributed by atoms with E-state index in [1.807, 2.05) is 43.5 Å². The number of rotatable bonds is 4. The summed E-state index contributed by atoms with van der Waals surface area (Å²) in [4.78, 5) is 28.1. The standard InChI is InChI=1S/C19H17N5O2S2/c1-10-7-16(25)21-14-6-11(2)13(8-12(10)14)20-17(26)9-24-18(22-23-19(24)27)15-4-3-5-28-15/h3-8H,9H2,1-2H3,(H,20,26)(H,21,25)(H,23,27). The van der Waals surface area contributed by atoms with Gasteiger partial charge in [0.15, 0.2) is 10.6 Å². The summed E-state index contributed by atoms with van der Waals surface area (Å²) in [6, 6.07) is 9.14. The molecule has 3 heterocycles. The van der Waals surface area contributed by atoms with Crippen LogP contribution in [0.25, 0.3) is 21.6 Å². The Morgan fingerprint density at radius 1 is 1.29 bits per heavy atom. The van der Waals surface area contributed by atoms with Crippen molar-refractivity contribution in [2.75, 3.05) is 5.32 Å². The van der Waals surface area contributed by atoms with E-state index in [4.69, 9.17) is 12.2 Å². The van der Waals surface area contributed by atoms with Crippen LogP contribution < -0.4 is 10.9 Å². The van der Waals surface area contributed by atoms with Crippen LogP contribution in [-0.4, -0.2) is 25.7 Å². The van der Waals surface area contributed by atoms with Crippen molar-refractivity contribution in [2.45, 2.75) is 20.4 Å². The van der Waals surface area contributed by atoms with Crippen LogP contribution in [0.15, 0.2) is 40.5 Å². The summed E-state index contributed by atoms with van der Waals surface area (Å²) in [6.45, 7) is 3.80. The molecule has 0 fully saturated rings. The molecule has 0 radical (unpaired) electrons. The Morgan fingerprint density at radius 2 is 2.11 bits per heavy atom. The van der Waals surface area contributed by atoms with Gasteiger partial charge in [-0.2, -0.15) is 5.10 Å². The van der Waals surface area contributed by atoms with E-state index in [1.54, 1.807) is 10.6 Å². The second-order valence-electron chi connectivity index (χ2n) is 6.49. The van der Waals surface area contributed by atoms with Crippen molar-refractivity contribution < 1.29 is 4.79 Å². The number of benzene rings is 1. The van der Waals surface area contributed by atoms with Crippen molar-refractivity contribution in [3.8, 4) is 10.7 Å². The lowest BCUT2D eigenvalue weighted by atomic mass is 10.1. The number of aryl methyl sites for hydroxylation is 2. The molecule has 142 valence electrons. The molecule has 28 heavy (non-hydrogen) atoms. The van der Waals surface area contributed by atoms with E-state index in [9.17, 15) is 9.59 Å². The Morgan fingerprint density at radius 3 is 2.86 bits per heavy atom. The zero-order valence-electron chi connectivity index (χ0n) is 15.2. The maximum atomic E-state index is 12.7. The van der Waals surface area contributed by atoms with Gasteiger partial charge in [-0.1, -0.05) is 6.07 Å². The molecule has 0 saturated carbocycles. The van der Waals surface area contributed by atoms with E-state index in [2.05, 4.69) is 20.5 Å². The number of hydrogen-bond donors (Lipinski definition) is 3. The SMILES string of the molecule is Cc1cc2[nH]c(=O)cc(C)c2cc1NC(=O)Cn1c(-c2cccs2)n[nH]c1=S. The highest BCUT2D eigenvalue weighted by molar-refractivity contribution is 7.71. The number of fused-ring (bicyclic) bond motifs is 1. The monoisotopic (exact) mass is 411 g/mol. The molecule has 1 amide bonds. The third kappa shape index (κ3) is 3.41. The molecule has 0 spiro atoms. The lowest BCUT2D eigenvalue weighted by Crippen LogP contribution is -2.20. The molecule has 0 unspecified atom stereocenters. The number of nitrogens with one attached hydrogen (secondary N) is 3. The van der Waals surface area contributed by atoms with E-state index in [-0.39, 0.29) is 18.0 Å². The van der Waals surface area contributed by atoms with E-state index in [0.717, 1.165) is 26.9 Å². The van der Waals surface area contributed by atoms with Crippen molar-refractivity contribution in [1.82, 2.24) is 19.7 Å². The fourth-order valence-corrected chi connectivity index (χ4v) is 4.03. The number of nitrogens with zero attached hydrogens (tertiary/aromatic N) is 2. The third-order valence-corrected chi connectivity index (χ3v) is 5.65. The lowest BCUT2D eigenvalue weighted by Gasteiger charge is -2.12. The van der Waals surface area contributed by atoms with Gasteiger partial charge >= 0.3 is 0 Å². The fourth-order valence-electron chi connectivity index (χ4n) is 3.11. The first kappa shape index (κ1) is 18.3. The average molecular weight is 412 g/mol. The van der Waals surface area contributed by atoms with Crippen LogP contribution in [0, 0.1) is 18.6 Å². The Kier molecular flexibility index (Phi) is 4.70. The van der Waals surface area contributed by atoms with Crippen LogP contribution in [0.2, 0.25) is 0 Å². The molecule has 0 bridgehead atoms. The Hall–Kier alpha value is -3.04. The number of pyridine rings is 1. The van der Waals surface area contributed by atoms with Crippen molar-refractivity contribution in [2.24, 2.45) is 0 Å². The number of aromatic nitrogens is 4. The molecular weight excluding hydrogens is 394 g/mol. The number of carbonyl (C=O) groups excluding carboxylic acids is 1. The van der Waals surface area contributed by atoms with E-state index in [1.165, 1.54) is 11.3 Å². The number of thiophene rings is 1. The first-order chi connectivity index (χ1) is 13.4. The second-order valence-corrected chi connectivity index (χ2v) is 7.83. The number of aromatic amines is 2. The minimum absolute atomic E-state index is 0.0463.